The second-order valence-corrected chi connectivity index (χ2v) is 6.19. The van der Waals surface area contributed by atoms with Gasteiger partial charge in [0.2, 0.25) is 0 Å². The summed E-state index contributed by atoms with van der Waals surface area (Å²) in [5.41, 5.74) is 1.22. The predicted octanol–water partition coefficient (Wildman–Crippen LogP) is 4.53. The third kappa shape index (κ3) is 3.70. The van der Waals surface area contributed by atoms with Gasteiger partial charge in [0, 0.05) is 16.7 Å². The highest BCUT2D eigenvalue weighted by Crippen LogP contribution is 2.26. The molecule has 0 amide bonds. The van der Waals surface area contributed by atoms with E-state index in [0.717, 1.165) is 16.2 Å². The normalized spacial score (nSPS) is 25.4. The smallest absolute Gasteiger partial charge is 0.129 e. The monoisotopic (exact) mass is 296 g/mol. The van der Waals surface area contributed by atoms with Crippen LogP contribution in [-0.2, 0) is 0 Å². The first-order chi connectivity index (χ1) is 8.15. The summed E-state index contributed by atoms with van der Waals surface area (Å²) in [6, 6.07) is 2.72. The van der Waals surface area contributed by atoms with E-state index < -0.39 is 0 Å². The van der Waals surface area contributed by atoms with Crippen molar-refractivity contribution in [2.24, 2.45) is 5.92 Å². The molecule has 1 aromatic rings. The summed E-state index contributed by atoms with van der Waals surface area (Å²) in [6.45, 7) is 4.48. The van der Waals surface area contributed by atoms with Gasteiger partial charge in [-0.05, 0) is 59.7 Å². The highest BCUT2D eigenvalue weighted by Gasteiger charge is 2.16. The molecular formula is C14H21BrN2. The number of anilines is 1. The van der Waals surface area contributed by atoms with Crippen LogP contribution < -0.4 is 5.32 Å². The largest absolute Gasteiger partial charge is 0.367 e. The second-order valence-electron chi connectivity index (χ2n) is 5.27. The van der Waals surface area contributed by atoms with Crippen molar-refractivity contribution < 1.29 is 0 Å². The topological polar surface area (TPSA) is 24.9 Å². The number of nitrogens with zero attached hydrogens (tertiary/aromatic N) is 1. The van der Waals surface area contributed by atoms with Gasteiger partial charge in [-0.15, -0.1) is 0 Å². The molecule has 94 valence electrons. The van der Waals surface area contributed by atoms with Gasteiger partial charge in [-0.25, -0.2) is 4.98 Å². The summed E-state index contributed by atoms with van der Waals surface area (Å²) in [6.07, 6.45) is 8.49. The Kier molecular flexibility index (Phi) is 4.43. The zero-order valence-corrected chi connectivity index (χ0v) is 12.3. The molecule has 2 atom stereocenters. The zero-order chi connectivity index (χ0) is 12.3. The molecule has 0 bridgehead atoms. The summed E-state index contributed by atoms with van der Waals surface area (Å²) in [7, 11) is 0. The molecule has 0 aliphatic heterocycles. The lowest BCUT2D eigenvalue weighted by Gasteiger charge is -2.18. The van der Waals surface area contributed by atoms with E-state index in [1.165, 1.54) is 37.7 Å². The maximum absolute atomic E-state index is 4.46. The van der Waals surface area contributed by atoms with Gasteiger partial charge in [0.05, 0.1) is 0 Å². The molecule has 2 nitrogen and oxygen atoms in total. The Morgan fingerprint density at radius 1 is 1.29 bits per heavy atom. The van der Waals surface area contributed by atoms with Crippen LogP contribution in [0.5, 0.6) is 0 Å². The van der Waals surface area contributed by atoms with Crippen LogP contribution in [0, 0.1) is 12.8 Å². The number of aromatic nitrogens is 1. The third-order valence-electron chi connectivity index (χ3n) is 3.64. The lowest BCUT2D eigenvalue weighted by Crippen LogP contribution is -2.19. The summed E-state index contributed by atoms with van der Waals surface area (Å²) < 4.78 is 1.05. The Balaban J connectivity index is 2.00. The maximum Gasteiger partial charge on any atom is 0.129 e. The molecule has 1 fully saturated rings. The van der Waals surface area contributed by atoms with Crippen molar-refractivity contribution >= 4 is 21.7 Å². The van der Waals surface area contributed by atoms with Crippen LogP contribution in [0.15, 0.2) is 16.7 Å². The van der Waals surface area contributed by atoms with Crippen LogP contribution in [0.2, 0.25) is 0 Å². The fraction of sp³-hybridized carbons (Fsp3) is 0.643. The van der Waals surface area contributed by atoms with Gasteiger partial charge < -0.3 is 5.32 Å². The van der Waals surface area contributed by atoms with E-state index in [1.807, 2.05) is 6.20 Å². The van der Waals surface area contributed by atoms with Crippen molar-refractivity contribution in [2.75, 3.05) is 5.32 Å². The number of rotatable bonds is 2. The first kappa shape index (κ1) is 12.9. The minimum absolute atomic E-state index is 0.604. The Bertz CT molecular complexity index is 378. The van der Waals surface area contributed by atoms with E-state index in [1.54, 1.807) is 0 Å². The number of pyridine rings is 1. The molecule has 2 rings (SSSR count). The molecule has 0 saturated heterocycles. The minimum Gasteiger partial charge on any atom is -0.367 e. The number of hydrogen-bond donors (Lipinski definition) is 1. The molecule has 1 saturated carbocycles. The summed E-state index contributed by atoms with van der Waals surface area (Å²) in [4.78, 5) is 4.46. The van der Waals surface area contributed by atoms with Gasteiger partial charge in [-0.2, -0.15) is 0 Å². The first-order valence-corrected chi connectivity index (χ1v) is 7.33. The van der Waals surface area contributed by atoms with E-state index in [0.29, 0.717) is 6.04 Å². The standard InChI is InChI=1S/C14H21BrN2/c1-10-4-3-5-13(7-6-10)17-14-11(2)8-12(15)9-16-14/h8-10,13H,3-7H2,1-2H3,(H,16,17). The van der Waals surface area contributed by atoms with Gasteiger partial charge in [-0.3, -0.25) is 0 Å². The lowest BCUT2D eigenvalue weighted by molar-refractivity contribution is 0.502. The lowest BCUT2D eigenvalue weighted by atomic mass is 10.0. The molecule has 17 heavy (non-hydrogen) atoms. The summed E-state index contributed by atoms with van der Waals surface area (Å²) >= 11 is 3.45. The van der Waals surface area contributed by atoms with Crippen LogP contribution in [0.4, 0.5) is 5.82 Å². The van der Waals surface area contributed by atoms with Crippen LogP contribution in [0.1, 0.15) is 44.6 Å². The van der Waals surface area contributed by atoms with E-state index in [9.17, 15) is 0 Å². The number of aryl methyl sites for hydroxylation is 1. The average Bonchev–Trinajstić information content (AvgIpc) is 2.48. The highest BCUT2D eigenvalue weighted by molar-refractivity contribution is 9.10. The van der Waals surface area contributed by atoms with Gasteiger partial charge in [0.15, 0.2) is 0 Å². The highest BCUT2D eigenvalue weighted by atomic mass is 79.9. The van der Waals surface area contributed by atoms with Crippen LogP contribution in [-0.4, -0.2) is 11.0 Å². The van der Waals surface area contributed by atoms with Crippen molar-refractivity contribution in [2.45, 2.75) is 52.0 Å². The molecule has 0 spiro atoms. The maximum atomic E-state index is 4.46. The average molecular weight is 297 g/mol. The Morgan fingerprint density at radius 2 is 2.12 bits per heavy atom. The fourth-order valence-corrected chi connectivity index (χ4v) is 2.96. The van der Waals surface area contributed by atoms with E-state index in [2.05, 4.69) is 46.1 Å². The van der Waals surface area contributed by atoms with Crippen molar-refractivity contribution in [1.82, 2.24) is 4.98 Å². The van der Waals surface area contributed by atoms with Crippen LogP contribution in [0.25, 0.3) is 0 Å². The Hall–Kier alpha value is -0.570. The van der Waals surface area contributed by atoms with Crippen molar-refractivity contribution in [1.29, 1.82) is 0 Å². The summed E-state index contributed by atoms with van der Waals surface area (Å²) in [5.74, 6) is 1.94. The van der Waals surface area contributed by atoms with Gasteiger partial charge >= 0.3 is 0 Å². The molecule has 0 radical (unpaired) electrons. The van der Waals surface area contributed by atoms with Gasteiger partial charge in [-0.1, -0.05) is 19.8 Å². The molecule has 0 aromatic carbocycles. The quantitative estimate of drug-likeness (QED) is 0.811. The zero-order valence-electron chi connectivity index (χ0n) is 10.7. The Labute approximate surface area is 112 Å². The Morgan fingerprint density at radius 3 is 2.88 bits per heavy atom. The molecule has 1 aliphatic rings. The predicted molar refractivity (Wildman–Crippen MR) is 76.3 cm³/mol. The summed E-state index contributed by atoms with van der Waals surface area (Å²) in [5, 5.41) is 3.60. The minimum atomic E-state index is 0.604. The van der Waals surface area contributed by atoms with Gasteiger partial charge in [0.25, 0.3) is 0 Å². The van der Waals surface area contributed by atoms with Crippen molar-refractivity contribution in [3.05, 3.63) is 22.3 Å². The van der Waals surface area contributed by atoms with Crippen LogP contribution >= 0.6 is 15.9 Å². The molecule has 1 aliphatic carbocycles. The molecule has 2 unspecified atom stereocenters. The molecular weight excluding hydrogens is 276 g/mol. The first-order valence-electron chi connectivity index (χ1n) is 6.54. The molecule has 1 aromatic heterocycles. The number of nitrogens with one attached hydrogen (secondary N) is 1. The number of halogens is 1. The van der Waals surface area contributed by atoms with Gasteiger partial charge in [0.1, 0.15) is 5.82 Å². The fourth-order valence-electron chi connectivity index (χ4n) is 2.52. The van der Waals surface area contributed by atoms with Crippen molar-refractivity contribution in [3.63, 3.8) is 0 Å². The molecule has 3 heteroatoms. The molecule has 1 N–H and O–H groups in total. The van der Waals surface area contributed by atoms with E-state index in [-0.39, 0.29) is 0 Å². The van der Waals surface area contributed by atoms with E-state index >= 15 is 0 Å². The molecule has 1 heterocycles. The third-order valence-corrected chi connectivity index (χ3v) is 4.08. The van der Waals surface area contributed by atoms with Crippen molar-refractivity contribution in [3.8, 4) is 0 Å². The number of hydrogen-bond acceptors (Lipinski definition) is 2. The SMILES string of the molecule is Cc1cc(Br)cnc1NC1CCCC(C)CC1. The second kappa shape index (κ2) is 5.85. The van der Waals surface area contributed by atoms with E-state index in [4.69, 9.17) is 0 Å². The van der Waals surface area contributed by atoms with Crippen LogP contribution in [0.3, 0.4) is 0 Å².